The summed E-state index contributed by atoms with van der Waals surface area (Å²) in [5.41, 5.74) is 0.558. The summed E-state index contributed by atoms with van der Waals surface area (Å²) < 4.78 is 22.5. The molecule has 1 amide bonds. The maximum atomic E-state index is 12.2. The molecule has 100 valence electrons. The first-order valence-electron chi connectivity index (χ1n) is 5.73. The van der Waals surface area contributed by atoms with Gasteiger partial charge in [0.25, 0.3) is 0 Å². The van der Waals surface area contributed by atoms with E-state index in [-0.39, 0.29) is 11.8 Å². The molecule has 0 saturated carbocycles. The van der Waals surface area contributed by atoms with E-state index in [2.05, 4.69) is 5.32 Å². The summed E-state index contributed by atoms with van der Waals surface area (Å²) in [6.07, 6.45) is 0. The third kappa shape index (κ3) is 6.61. The molecule has 0 heterocycles. The van der Waals surface area contributed by atoms with Crippen molar-refractivity contribution >= 4 is 13.5 Å². The molecule has 0 fully saturated rings. The van der Waals surface area contributed by atoms with Gasteiger partial charge in [0, 0.05) is 18.4 Å². The van der Waals surface area contributed by atoms with E-state index in [4.69, 9.17) is 9.05 Å². The Bertz CT molecular complexity index is 315. The number of carbonyl (C=O) groups excluding carboxylic acids is 1. The van der Waals surface area contributed by atoms with Crippen LogP contribution in [0.25, 0.3) is 0 Å². The molecular weight excluding hydrogens is 241 g/mol. The number of amides is 1. The Morgan fingerprint density at radius 3 is 2.06 bits per heavy atom. The molecule has 0 aromatic rings. The van der Waals surface area contributed by atoms with Gasteiger partial charge >= 0.3 is 7.60 Å². The van der Waals surface area contributed by atoms with Crippen LogP contribution >= 0.6 is 7.60 Å². The van der Waals surface area contributed by atoms with Crippen LogP contribution in [0.15, 0.2) is 11.5 Å². The molecule has 5 nitrogen and oxygen atoms in total. The van der Waals surface area contributed by atoms with Crippen molar-refractivity contribution in [3.05, 3.63) is 11.5 Å². The second-order valence-electron chi connectivity index (χ2n) is 3.80. The van der Waals surface area contributed by atoms with Crippen LogP contribution in [0.4, 0.5) is 0 Å². The van der Waals surface area contributed by atoms with Crippen molar-refractivity contribution in [3.8, 4) is 0 Å². The molecular formula is C11H22NO4P. The highest BCUT2D eigenvalue weighted by Crippen LogP contribution is 2.50. The molecule has 0 atom stereocenters. The first-order chi connectivity index (χ1) is 7.84. The van der Waals surface area contributed by atoms with Gasteiger partial charge in [-0.1, -0.05) is 13.8 Å². The van der Waals surface area contributed by atoms with Gasteiger partial charge in [-0.15, -0.1) is 0 Å². The Kier molecular flexibility index (Phi) is 7.35. The minimum Gasteiger partial charge on any atom is -0.329 e. The first kappa shape index (κ1) is 16.4. The summed E-state index contributed by atoms with van der Waals surface area (Å²) in [5, 5.41) is 2.64. The lowest BCUT2D eigenvalue weighted by atomic mass is 10.1. The van der Waals surface area contributed by atoms with Gasteiger partial charge in [-0.3, -0.25) is 9.36 Å². The molecule has 0 aliphatic rings. The van der Waals surface area contributed by atoms with Crippen LogP contribution in [0.1, 0.15) is 34.6 Å². The number of hydrogen-bond donors (Lipinski definition) is 1. The molecule has 1 N–H and O–H groups in total. The van der Waals surface area contributed by atoms with Gasteiger partial charge in [0.15, 0.2) is 0 Å². The molecule has 0 aromatic heterocycles. The second kappa shape index (κ2) is 7.64. The zero-order valence-electron chi connectivity index (χ0n) is 11.1. The lowest BCUT2D eigenvalue weighted by Gasteiger charge is -2.17. The fourth-order valence-electron chi connectivity index (χ4n) is 1.17. The van der Waals surface area contributed by atoms with E-state index >= 15 is 0 Å². The van der Waals surface area contributed by atoms with E-state index in [1.54, 1.807) is 13.8 Å². The highest BCUT2D eigenvalue weighted by molar-refractivity contribution is 7.57. The zero-order valence-corrected chi connectivity index (χ0v) is 12.0. The van der Waals surface area contributed by atoms with E-state index in [0.29, 0.717) is 18.9 Å². The lowest BCUT2D eigenvalue weighted by Crippen LogP contribution is -2.22. The molecule has 6 heteroatoms. The highest BCUT2D eigenvalue weighted by atomic mass is 31.2. The van der Waals surface area contributed by atoms with E-state index < -0.39 is 7.60 Å². The van der Waals surface area contributed by atoms with Gasteiger partial charge in [-0.25, -0.2) is 0 Å². The monoisotopic (exact) mass is 263 g/mol. The predicted molar refractivity (Wildman–Crippen MR) is 67.6 cm³/mol. The Hall–Kier alpha value is -0.640. The minimum absolute atomic E-state index is 0.0353. The fraction of sp³-hybridized carbons (Fsp3) is 0.727. The fourth-order valence-corrected chi connectivity index (χ4v) is 2.82. The van der Waals surface area contributed by atoms with Crippen molar-refractivity contribution < 1.29 is 18.4 Å². The molecule has 0 radical (unpaired) electrons. The van der Waals surface area contributed by atoms with Crippen LogP contribution in [-0.4, -0.2) is 19.1 Å². The quantitative estimate of drug-likeness (QED) is 0.717. The summed E-state index contributed by atoms with van der Waals surface area (Å²) in [7, 11) is -3.26. The summed E-state index contributed by atoms with van der Waals surface area (Å²) in [6.45, 7) is 9.26. The Labute approximate surface area is 103 Å². The molecule has 0 spiro atoms. The molecule has 0 aliphatic heterocycles. The molecule has 0 aliphatic carbocycles. The SMILES string of the molecule is CCOP(=O)(/C=C(\NC(C)=O)C(C)C)OCC. The van der Waals surface area contributed by atoms with Crippen molar-refractivity contribution in [2.24, 2.45) is 5.92 Å². The van der Waals surface area contributed by atoms with Crippen LogP contribution in [0.3, 0.4) is 0 Å². The summed E-state index contributed by atoms with van der Waals surface area (Å²) in [4.78, 5) is 11.0. The Morgan fingerprint density at radius 2 is 1.76 bits per heavy atom. The van der Waals surface area contributed by atoms with Crippen LogP contribution in [0.5, 0.6) is 0 Å². The van der Waals surface area contributed by atoms with Gasteiger partial charge in [-0.05, 0) is 19.8 Å². The molecule has 0 aromatic carbocycles. The average molecular weight is 263 g/mol. The summed E-state index contributed by atoms with van der Waals surface area (Å²) in [6, 6.07) is 0. The molecule has 0 unspecified atom stereocenters. The van der Waals surface area contributed by atoms with E-state index in [0.717, 1.165) is 0 Å². The number of allylic oxidation sites excluding steroid dienone is 1. The zero-order chi connectivity index (χ0) is 13.5. The van der Waals surface area contributed by atoms with Crippen LogP contribution in [0.2, 0.25) is 0 Å². The van der Waals surface area contributed by atoms with Crippen LogP contribution in [-0.2, 0) is 18.4 Å². The number of carbonyl (C=O) groups is 1. The Balaban J connectivity index is 5.07. The van der Waals surface area contributed by atoms with Crippen molar-refractivity contribution in [1.29, 1.82) is 0 Å². The molecule has 0 rings (SSSR count). The first-order valence-corrected chi connectivity index (χ1v) is 7.35. The highest BCUT2D eigenvalue weighted by Gasteiger charge is 2.22. The van der Waals surface area contributed by atoms with Gasteiger partial charge in [0.1, 0.15) is 0 Å². The lowest BCUT2D eigenvalue weighted by molar-refractivity contribution is -0.118. The van der Waals surface area contributed by atoms with E-state index in [1.807, 2.05) is 13.8 Å². The van der Waals surface area contributed by atoms with Crippen LogP contribution in [0, 0.1) is 5.92 Å². The van der Waals surface area contributed by atoms with Crippen molar-refractivity contribution in [2.75, 3.05) is 13.2 Å². The van der Waals surface area contributed by atoms with Crippen molar-refractivity contribution in [2.45, 2.75) is 34.6 Å². The molecule has 0 saturated heterocycles. The summed E-state index contributed by atoms with van der Waals surface area (Å²) in [5.74, 6) is 1.23. The number of rotatable bonds is 7. The van der Waals surface area contributed by atoms with E-state index in [1.165, 1.54) is 12.7 Å². The average Bonchev–Trinajstić information content (AvgIpc) is 2.16. The Morgan fingerprint density at radius 1 is 1.29 bits per heavy atom. The molecule has 0 bridgehead atoms. The topological polar surface area (TPSA) is 64.6 Å². The third-order valence-electron chi connectivity index (χ3n) is 1.86. The standard InChI is InChI=1S/C11H22NO4P/c1-6-15-17(14,16-7-2)8-11(9(3)4)12-10(5)13/h8-9H,6-7H2,1-5H3,(H,12,13)/b11-8-. The van der Waals surface area contributed by atoms with Crippen molar-refractivity contribution in [1.82, 2.24) is 5.32 Å². The minimum atomic E-state index is -3.26. The normalized spacial score (nSPS) is 12.9. The maximum absolute atomic E-state index is 12.2. The molecule has 17 heavy (non-hydrogen) atoms. The predicted octanol–water partition coefficient (Wildman–Crippen LogP) is 2.89. The van der Waals surface area contributed by atoms with Gasteiger partial charge in [0.2, 0.25) is 5.91 Å². The van der Waals surface area contributed by atoms with E-state index in [9.17, 15) is 9.36 Å². The largest absolute Gasteiger partial charge is 0.355 e. The number of nitrogens with one attached hydrogen (secondary N) is 1. The maximum Gasteiger partial charge on any atom is 0.355 e. The van der Waals surface area contributed by atoms with Gasteiger partial charge < -0.3 is 14.4 Å². The second-order valence-corrected chi connectivity index (χ2v) is 5.65. The number of hydrogen-bond acceptors (Lipinski definition) is 4. The van der Waals surface area contributed by atoms with Crippen molar-refractivity contribution in [3.63, 3.8) is 0 Å². The van der Waals surface area contributed by atoms with Gasteiger partial charge in [0.05, 0.1) is 13.2 Å². The smallest absolute Gasteiger partial charge is 0.329 e. The van der Waals surface area contributed by atoms with Gasteiger partial charge in [-0.2, -0.15) is 0 Å². The third-order valence-corrected chi connectivity index (χ3v) is 3.69. The summed E-state index contributed by atoms with van der Waals surface area (Å²) >= 11 is 0. The van der Waals surface area contributed by atoms with Crippen LogP contribution < -0.4 is 5.32 Å².